The maximum absolute atomic E-state index is 15.5. The first kappa shape index (κ1) is 31.6. The molecule has 1 heterocycles. The van der Waals surface area contributed by atoms with Crippen molar-refractivity contribution in [3.63, 3.8) is 0 Å². The molecule has 16 heteroatoms. The Balaban J connectivity index is 1.75. The molecule has 0 radical (unpaired) electrons. The van der Waals surface area contributed by atoms with Gasteiger partial charge in [0.15, 0.2) is 5.82 Å². The average Bonchev–Trinajstić information content (AvgIpc) is 2.88. The SMILES string of the molecule is CC(C)(C)C(=O)Nc1ncc2cc(-c3c(F)ccc(NS(=O)(=O)c4cc(C(F)(F)F)ccc4C(F)(F)F)c3F)ccc2n1. The Morgan fingerprint density at radius 1 is 0.860 bits per heavy atom. The van der Waals surface area contributed by atoms with E-state index in [0.29, 0.717) is 12.1 Å². The molecule has 1 aromatic heterocycles. The molecule has 0 unspecified atom stereocenters. The lowest BCUT2D eigenvalue weighted by Gasteiger charge is -2.18. The maximum atomic E-state index is 15.5. The molecule has 4 aromatic rings. The topological polar surface area (TPSA) is 101 Å². The van der Waals surface area contributed by atoms with E-state index in [1.165, 1.54) is 29.1 Å². The van der Waals surface area contributed by atoms with Crippen LogP contribution >= 0.6 is 0 Å². The first-order chi connectivity index (χ1) is 19.7. The van der Waals surface area contributed by atoms with Gasteiger partial charge in [0.1, 0.15) is 10.7 Å². The molecule has 4 rings (SSSR count). The summed E-state index contributed by atoms with van der Waals surface area (Å²) in [7, 11) is -5.49. The van der Waals surface area contributed by atoms with Crippen LogP contribution in [-0.2, 0) is 27.2 Å². The van der Waals surface area contributed by atoms with Gasteiger partial charge in [0.05, 0.1) is 27.9 Å². The number of rotatable bonds is 5. The largest absolute Gasteiger partial charge is 0.417 e. The number of carbonyl (C=O) groups is 1. The Kier molecular flexibility index (Phi) is 7.89. The molecule has 0 bridgehead atoms. The molecular formula is C27H20F8N4O3S. The fourth-order valence-electron chi connectivity index (χ4n) is 3.79. The smallest absolute Gasteiger partial charge is 0.294 e. The minimum absolute atomic E-state index is 0.0400. The molecule has 43 heavy (non-hydrogen) atoms. The van der Waals surface area contributed by atoms with Gasteiger partial charge in [0, 0.05) is 17.0 Å². The number of carbonyl (C=O) groups excluding carboxylic acids is 1. The molecule has 0 spiro atoms. The van der Waals surface area contributed by atoms with E-state index >= 15 is 4.39 Å². The molecule has 0 fully saturated rings. The highest BCUT2D eigenvalue weighted by atomic mass is 32.2. The lowest BCUT2D eigenvalue weighted by atomic mass is 9.96. The second kappa shape index (κ2) is 10.7. The van der Waals surface area contributed by atoms with E-state index in [0.717, 1.165) is 0 Å². The quantitative estimate of drug-likeness (QED) is 0.224. The van der Waals surface area contributed by atoms with Crippen LogP contribution in [-0.4, -0.2) is 24.3 Å². The lowest BCUT2D eigenvalue weighted by molar-refractivity contribution is -0.143. The standard InChI is InChI=1S/C27H20F8N4O3S/c1-25(2,3)23(40)38-24-36-12-14-10-13(4-8-18(14)37-24)21-17(28)7-9-19(22(21)29)39-43(41,42)20-11-15(26(30,31)32)5-6-16(20)27(33,34)35/h4-12,39H,1-3H3,(H,36,37,38,40). The second-order valence-electron chi connectivity index (χ2n) is 10.3. The van der Waals surface area contributed by atoms with Crippen LogP contribution in [0, 0.1) is 17.0 Å². The summed E-state index contributed by atoms with van der Waals surface area (Å²) in [5, 5.41) is 2.77. The number of benzene rings is 3. The number of amides is 1. The van der Waals surface area contributed by atoms with Crippen molar-refractivity contribution in [2.24, 2.45) is 5.41 Å². The predicted molar refractivity (Wildman–Crippen MR) is 140 cm³/mol. The third-order valence-electron chi connectivity index (χ3n) is 6.01. The number of anilines is 2. The van der Waals surface area contributed by atoms with E-state index in [-0.39, 0.29) is 46.5 Å². The second-order valence-corrected chi connectivity index (χ2v) is 11.9. The molecule has 0 aliphatic rings. The van der Waals surface area contributed by atoms with Crippen LogP contribution in [0.4, 0.5) is 46.8 Å². The Hall–Kier alpha value is -4.34. The van der Waals surface area contributed by atoms with Crippen molar-refractivity contribution in [3.05, 3.63) is 77.5 Å². The summed E-state index contributed by atoms with van der Waals surface area (Å²) < 4.78 is 138. The van der Waals surface area contributed by atoms with E-state index in [9.17, 15) is 43.9 Å². The first-order valence-corrected chi connectivity index (χ1v) is 13.5. The number of aromatic nitrogens is 2. The van der Waals surface area contributed by atoms with Crippen LogP contribution in [0.3, 0.4) is 0 Å². The fourth-order valence-corrected chi connectivity index (χ4v) is 5.10. The molecular weight excluding hydrogens is 612 g/mol. The van der Waals surface area contributed by atoms with Gasteiger partial charge in [-0.1, -0.05) is 26.8 Å². The fraction of sp³-hybridized carbons (Fsp3) is 0.222. The highest BCUT2D eigenvalue weighted by molar-refractivity contribution is 7.92. The third kappa shape index (κ3) is 6.68. The van der Waals surface area contributed by atoms with Crippen molar-refractivity contribution in [2.75, 3.05) is 10.0 Å². The van der Waals surface area contributed by atoms with Crippen molar-refractivity contribution in [1.82, 2.24) is 9.97 Å². The van der Waals surface area contributed by atoms with Crippen LogP contribution in [0.2, 0.25) is 0 Å². The minimum Gasteiger partial charge on any atom is -0.294 e. The normalized spacial score (nSPS) is 12.8. The predicted octanol–water partition coefficient (Wildman–Crippen LogP) is 7.40. The van der Waals surface area contributed by atoms with Crippen molar-refractivity contribution in [3.8, 4) is 11.1 Å². The monoisotopic (exact) mass is 632 g/mol. The van der Waals surface area contributed by atoms with Gasteiger partial charge in [0.2, 0.25) is 11.9 Å². The number of nitrogens with one attached hydrogen (secondary N) is 2. The highest BCUT2D eigenvalue weighted by Gasteiger charge is 2.40. The molecule has 228 valence electrons. The average molecular weight is 633 g/mol. The lowest BCUT2D eigenvalue weighted by Crippen LogP contribution is -2.28. The van der Waals surface area contributed by atoms with E-state index < -0.39 is 66.7 Å². The van der Waals surface area contributed by atoms with Crippen LogP contribution in [0.5, 0.6) is 0 Å². The summed E-state index contributed by atoms with van der Waals surface area (Å²) in [6.45, 7) is 5.01. The number of alkyl halides is 6. The van der Waals surface area contributed by atoms with Crippen molar-refractivity contribution < 1.29 is 48.3 Å². The number of nitrogens with zero attached hydrogens (tertiary/aromatic N) is 2. The zero-order chi connectivity index (χ0) is 32.1. The highest BCUT2D eigenvalue weighted by Crippen LogP contribution is 2.40. The summed E-state index contributed by atoms with van der Waals surface area (Å²) in [6.07, 6.45) is -9.33. The maximum Gasteiger partial charge on any atom is 0.417 e. The Bertz CT molecular complexity index is 1850. The van der Waals surface area contributed by atoms with Gasteiger partial charge in [-0.25, -0.2) is 27.2 Å². The van der Waals surface area contributed by atoms with E-state index in [1.54, 1.807) is 20.8 Å². The number of halogens is 8. The molecule has 0 aliphatic heterocycles. The van der Waals surface area contributed by atoms with Crippen LogP contribution in [0.25, 0.3) is 22.0 Å². The number of sulfonamides is 1. The van der Waals surface area contributed by atoms with Gasteiger partial charge in [-0.3, -0.25) is 14.8 Å². The summed E-state index contributed by atoms with van der Waals surface area (Å²) in [4.78, 5) is 18.6. The molecule has 1 amide bonds. The molecule has 7 nitrogen and oxygen atoms in total. The number of fused-ring (bicyclic) bond motifs is 1. The van der Waals surface area contributed by atoms with Crippen LogP contribution in [0.1, 0.15) is 31.9 Å². The van der Waals surface area contributed by atoms with E-state index in [1.807, 2.05) is 0 Å². The molecule has 0 aliphatic carbocycles. The summed E-state index contributed by atoms with van der Waals surface area (Å²) in [5.41, 5.74) is -6.10. The summed E-state index contributed by atoms with van der Waals surface area (Å²) >= 11 is 0. The van der Waals surface area contributed by atoms with Gasteiger partial charge in [-0.15, -0.1) is 0 Å². The molecule has 3 aromatic carbocycles. The number of hydrogen-bond acceptors (Lipinski definition) is 5. The molecule has 0 saturated heterocycles. The zero-order valence-corrected chi connectivity index (χ0v) is 23.1. The van der Waals surface area contributed by atoms with Gasteiger partial charge in [-0.2, -0.15) is 26.3 Å². The van der Waals surface area contributed by atoms with Gasteiger partial charge in [0.25, 0.3) is 10.0 Å². The van der Waals surface area contributed by atoms with E-state index in [4.69, 9.17) is 0 Å². The van der Waals surface area contributed by atoms with Crippen LogP contribution < -0.4 is 10.0 Å². The number of hydrogen-bond donors (Lipinski definition) is 2. The van der Waals surface area contributed by atoms with Crippen molar-refractivity contribution in [2.45, 2.75) is 38.0 Å². The van der Waals surface area contributed by atoms with E-state index in [2.05, 4.69) is 15.3 Å². The molecule has 2 N–H and O–H groups in total. The first-order valence-electron chi connectivity index (χ1n) is 12.1. The summed E-state index contributed by atoms with van der Waals surface area (Å²) in [5.74, 6) is -3.16. The van der Waals surface area contributed by atoms with Crippen molar-refractivity contribution in [1.29, 1.82) is 0 Å². The minimum atomic E-state index is -5.49. The van der Waals surface area contributed by atoms with Gasteiger partial charge < -0.3 is 0 Å². The Labute approximate surface area is 239 Å². The molecule has 0 atom stereocenters. The van der Waals surface area contributed by atoms with Crippen LogP contribution in [0.15, 0.2) is 59.6 Å². The Morgan fingerprint density at radius 3 is 2.14 bits per heavy atom. The summed E-state index contributed by atoms with van der Waals surface area (Å²) in [6, 6.07) is 4.74. The zero-order valence-electron chi connectivity index (χ0n) is 22.2. The molecule has 0 saturated carbocycles. The van der Waals surface area contributed by atoms with Crippen molar-refractivity contribution >= 4 is 38.5 Å². The van der Waals surface area contributed by atoms with Gasteiger partial charge >= 0.3 is 12.4 Å². The third-order valence-corrected chi connectivity index (χ3v) is 7.42. The Morgan fingerprint density at radius 2 is 1.53 bits per heavy atom. The van der Waals surface area contributed by atoms with Gasteiger partial charge in [-0.05, 0) is 48.0 Å².